The van der Waals surface area contributed by atoms with E-state index in [2.05, 4.69) is 24.0 Å². The van der Waals surface area contributed by atoms with Crippen molar-refractivity contribution in [1.82, 2.24) is 0 Å². The molecule has 3 rings (SSSR count). The lowest BCUT2D eigenvalue weighted by Crippen LogP contribution is -1.96. The topological polar surface area (TPSA) is 21.6 Å². The van der Waals surface area contributed by atoms with Gasteiger partial charge in [-0.15, -0.1) is 0 Å². The van der Waals surface area contributed by atoms with Crippen molar-refractivity contribution >= 4 is 35.1 Å². The lowest BCUT2D eigenvalue weighted by Gasteiger charge is -2.08. The molecule has 0 radical (unpaired) electrons. The summed E-state index contributed by atoms with van der Waals surface area (Å²) in [5, 5.41) is 1.22. The van der Waals surface area contributed by atoms with Gasteiger partial charge in [-0.2, -0.15) is 0 Å². The van der Waals surface area contributed by atoms with E-state index in [-0.39, 0.29) is 0 Å². The van der Waals surface area contributed by atoms with Crippen molar-refractivity contribution in [3.05, 3.63) is 93.5 Å². The van der Waals surface area contributed by atoms with Crippen molar-refractivity contribution in [1.29, 1.82) is 0 Å². The van der Waals surface area contributed by atoms with Gasteiger partial charge >= 0.3 is 0 Å². The summed E-state index contributed by atoms with van der Waals surface area (Å²) in [6.07, 6.45) is 2.88. The van der Waals surface area contributed by atoms with E-state index in [0.29, 0.717) is 16.7 Å². The molecule has 3 aromatic rings. The molecule has 3 aromatic carbocycles. The van der Waals surface area contributed by atoms with Gasteiger partial charge < -0.3 is 4.74 Å². The first-order chi connectivity index (χ1) is 12.6. The van der Waals surface area contributed by atoms with E-state index >= 15 is 0 Å². The minimum Gasteiger partial charge on any atom is -0.489 e. The number of benzene rings is 3. The molecule has 0 aliphatic carbocycles. The summed E-state index contributed by atoms with van der Waals surface area (Å²) in [5.41, 5.74) is 4.17. The van der Waals surface area contributed by atoms with E-state index in [4.69, 9.17) is 27.9 Å². The lowest BCUT2D eigenvalue weighted by atomic mass is 10.1. The van der Waals surface area contributed by atoms with E-state index in [1.165, 1.54) is 5.56 Å². The molecular formula is C22H19Cl2NO. The summed E-state index contributed by atoms with van der Waals surface area (Å²) >= 11 is 12.1. The molecule has 0 amide bonds. The zero-order valence-corrected chi connectivity index (χ0v) is 16.0. The molecule has 26 heavy (non-hydrogen) atoms. The molecule has 0 aliphatic heterocycles. The lowest BCUT2D eigenvalue weighted by molar-refractivity contribution is 0.306. The van der Waals surface area contributed by atoms with Crippen LogP contribution >= 0.6 is 23.2 Å². The van der Waals surface area contributed by atoms with Gasteiger partial charge in [0.25, 0.3) is 0 Å². The van der Waals surface area contributed by atoms with E-state index in [1.807, 2.05) is 48.7 Å². The third kappa shape index (κ3) is 5.10. The van der Waals surface area contributed by atoms with Crippen LogP contribution in [0.15, 0.2) is 71.7 Å². The Hall–Kier alpha value is -2.29. The second-order valence-corrected chi connectivity index (χ2v) is 6.72. The molecule has 132 valence electrons. The van der Waals surface area contributed by atoms with Crippen molar-refractivity contribution in [2.45, 2.75) is 20.0 Å². The predicted molar refractivity (Wildman–Crippen MR) is 110 cm³/mol. The summed E-state index contributed by atoms with van der Waals surface area (Å²) < 4.78 is 5.78. The van der Waals surface area contributed by atoms with E-state index in [1.54, 1.807) is 12.1 Å². The van der Waals surface area contributed by atoms with Crippen molar-refractivity contribution in [3.63, 3.8) is 0 Å². The van der Waals surface area contributed by atoms with Gasteiger partial charge in [0.1, 0.15) is 12.4 Å². The Balaban J connectivity index is 1.59. The number of aliphatic imine (C=N–C) groups is 1. The van der Waals surface area contributed by atoms with Crippen LogP contribution in [0, 0.1) is 0 Å². The van der Waals surface area contributed by atoms with Gasteiger partial charge in [-0.05, 0) is 66.1 Å². The second kappa shape index (κ2) is 8.88. The maximum absolute atomic E-state index is 6.16. The quantitative estimate of drug-likeness (QED) is 0.424. The van der Waals surface area contributed by atoms with Crippen molar-refractivity contribution in [2.24, 2.45) is 4.99 Å². The maximum Gasteiger partial charge on any atom is 0.119 e. The van der Waals surface area contributed by atoms with Gasteiger partial charge in [0, 0.05) is 21.8 Å². The molecule has 4 heteroatoms. The third-order valence-corrected chi connectivity index (χ3v) is 4.58. The smallest absolute Gasteiger partial charge is 0.119 e. The normalized spacial score (nSPS) is 11.0. The number of halogens is 2. The molecule has 0 saturated heterocycles. The highest BCUT2D eigenvalue weighted by molar-refractivity contribution is 6.35. The van der Waals surface area contributed by atoms with Crippen LogP contribution in [0.25, 0.3) is 0 Å². The summed E-state index contributed by atoms with van der Waals surface area (Å²) in [6.45, 7) is 2.54. The molecule has 0 aromatic heterocycles. The fraction of sp³-hybridized carbons (Fsp3) is 0.136. The standard InChI is InChI=1S/C22H19Cl2NO/c1-2-16-3-9-20(10-4-16)25-14-17-5-11-21(12-6-17)26-15-18-7-8-19(23)13-22(18)24/h3-14H,2,15H2,1H3. The Morgan fingerprint density at radius 1 is 0.923 bits per heavy atom. The van der Waals surface area contributed by atoms with Gasteiger partial charge in [0.15, 0.2) is 0 Å². The molecule has 0 fully saturated rings. The Morgan fingerprint density at radius 2 is 1.65 bits per heavy atom. The van der Waals surface area contributed by atoms with Crippen LogP contribution in [-0.4, -0.2) is 6.21 Å². The molecule has 0 saturated carbocycles. The van der Waals surface area contributed by atoms with Crippen LogP contribution in [0.4, 0.5) is 5.69 Å². The highest BCUT2D eigenvalue weighted by Crippen LogP contribution is 2.23. The fourth-order valence-electron chi connectivity index (χ4n) is 2.42. The molecule has 0 spiro atoms. The Morgan fingerprint density at radius 3 is 2.31 bits per heavy atom. The number of nitrogens with zero attached hydrogens (tertiary/aromatic N) is 1. The largest absolute Gasteiger partial charge is 0.489 e. The maximum atomic E-state index is 6.16. The van der Waals surface area contributed by atoms with Crippen LogP contribution in [0.5, 0.6) is 5.75 Å². The summed E-state index contributed by atoms with van der Waals surface area (Å²) in [4.78, 5) is 4.50. The van der Waals surface area contributed by atoms with Crippen molar-refractivity contribution in [2.75, 3.05) is 0 Å². The van der Waals surface area contributed by atoms with Gasteiger partial charge in [-0.1, -0.05) is 48.3 Å². The van der Waals surface area contributed by atoms with Crippen LogP contribution in [0.1, 0.15) is 23.6 Å². The zero-order chi connectivity index (χ0) is 18.4. The zero-order valence-electron chi connectivity index (χ0n) is 14.5. The summed E-state index contributed by atoms with van der Waals surface area (Å²) in [6, 6.07) is 21.5. The number of hydrogen-bond acceptors (Lipinski definition) is 2. The molecule has 2 nitrogen and oxygen atoms in total. The van der Waals surface area contributed by atoms with Gasteiger partial charge in [-0.3, -0.25) is 4.99 Å². The highest BCUT2D eigenvalue weighted by atomic mass is 35.5. The highest BCUT2D eigenvalue weighted by Gasteiger charge is 2.02. The molecule has 0 atom stereocenters. The van der Waals surface area contributed by atoms with Crippen LogP contribution in [0.2, 0.25) is 10.0 Å². The molecule has 0 N–H and O–H groups in total. The first-order valence-corrected chi connectivity index (χ1v) is 9.19. The minimum absolute atomic E-state index is 0.396. The van der Waals surface area contributed by atoms with Crippen LogP contribution < -0.4 is 4.74 Å². The minimum atomic E-state index is 0.396. The number of rotatable bonds is 6. The van der Waals surface area contributed by atoms with Gasteiger partial charge in [-0.25, -0.2) is 0 Å². The Kier molecular flexibility index (Phi) is 6.32. The summed E-state index contributed by atoms with van der Waals surface area (Å²) in [5.74, 6) is 0.778. The monoisotopic (exact) mass is 383 g/mol. The van der Waals surface area contributed by atoms with Crippen molar-refractivity contribution in [3.8, 4) is 5.75 Å². The average Bonchev–Trinajstić information content (AvgIpc) is 2.67. The first-order valence-electron chi connectivity index (χ1n) is 8.44. The van der Waals surface area contributed by atoms with Crippen LogP contribution in [-0.2, 0) is 13.0 Å². The number of hydrogen-bond donors (Lipinski definition) is 0. The summed E-state index contributed by atoms with van der Waals surface area (Å²) in [7, 11) is 0. The van der Waals surface area contributed by atoms with Crippen molar-refractivity contribution < 1.29 is 4.74 Å². The fourth-order valence-corrected chi connectivity index (χ4v) is 2.88. The van der Waals surface area contributed by atoms with E-state index in [0.717, 1.165) is 29.0 Å². The second-order valence-electron chi connectivity index (χ2n) is 5.87. The van der Waals surface area contributed by atoms with E-state index in [9.17, 15) is 0 Å². The van der Waals surface area contributed by atoms with Gasteiger partial charge in [0.05, 0.1) is 5.69 Å². The average molecular weight is 384 g/mol. The Labute approximate surface area is 164 Å². The molecule has 0 heterocycles. The third-order valence-electron chi connectivity index (χ3n) is 4.00. The molecule has 0 aliphatic rings. The molecule has 0 unspecified atom stereocenters. The first kappa shape index (κ1) is 18.5. The van der Waals surface area contributed by atoms with E-state index < -0.39 is 0 Å². The predicted octanol–water partition coefficient (Wildman–Crippen LogP) is 6.89. The molecular weight excluding hydrogens is 365 g/mol. The SMILES string of the molecule is CCc1ccc(N=Cc2ccc(OCc3ccc(Cl)cc3Cl)cc2)cc1. The van der Waals surface area contributed by atoms with Crippen LogP contribution in [0.3, 0.4) is 0 Å². The van der Waals surface area contributed by atoms with Gasteiger partial charge in [0.2, 0.25) is 0 Å². The molecule has 0 bridgehead atoms. The Bertz CT molecular complexity index is 887. The number of aryl methyl sites for hydroxylation is 1. The number of ether oxygens (including phenoxy) is 1.